The van der Waals surface area contributed by atoms with Crippen molar-refractivity contribution in [2.75, 3.05) is 0 Å². The van der Waals surface area contributed by atoms with E-state index in [0.717, 1.165) is 0 Å². The first kappa shape index (κ1) is 9.66. The van der Waals surface area contributed by atoms with Gasteiger partial charge in [0.05, 0.1) is 12.5 Å². The lowest BCUT2D eigenvalue weighted by Crippen LogP contribution is -2.00. The van der Waals surface area contributed by atoms with E-state index in [1.165, 1.54) is 6.07 Å². The summed E-state index contributed by atoms with van der Waals surface area (Å²) in [7, 11) is 0. The van der Waals surface area contributed by atoms with Gasteiger partial charge in [0, 0.05) is 5.56 Å². The Kier molecular flexibility index (Phi) is 2.62. The predicted octanol–water partition coefficient (Wildman–Crippen LogP) is 2.65. The number of halogens is 2. The van der Waals surface area contributed by atoms with Crippen LogP contribution >= 0.6 is 0 Å². The summed E-state index contributed by atoms with van der Waals surface area (Å²) in [5, 5.41) is 8.37. The molecule has 0 bridgehead atoms. The zero-order chi connectivity index (χ0) is 10.0. The molecule has 1 aromatic carbocycles. The van der Waals surface area contributed by atoms with Crippen LogP contribution < -0.4 is 0 Å². The van der Waals surface area contributed by atoms with Crippen molar-refractivity contribution in [3.05, 3.63) is 34.4 Å². The van der Waals surface area contributed by atoms with Crippen LogP contribution in [0.4, 0.5) is 8.78 Å². The molecule has 0 N–H and O–H groups in total. The van der Waals surface area contributed by atoms with Gasteiger partial charge in [-0.15, -0.1) is 0 Å². The molecule has 0 aromatic heterocycles. The van der Waals surface area contributed by atoms with E-state index in [0.29, 0.717) is 11.1 Å². The number of nitrogens with zero attached hydrogens (tertiary/aromatic N) is 1. The summed E-state index contributed by atoms with van der Waals surface area (Å²) in [6.07, 6.45) is -0.222. The Balaban J connectivity index is 3.39. The molecule has 0 spiro atoms. The van der Waals surface area contributed by atoms with E-state index in [2.05, 4.69) is 0 Å². The SMILES string of the molecule is Cc1cc(C)c(F)c(CC#N)c1F. The van der Waals surface area contributed by atoms with E-state index in [-0.39, 0.29) is 12.0 Å². The zero-order valence-electron chi connectivity index (χ0n) is 7.49. The van der Waals surface area contributed by atoms with Gasteiger partial charge in [-0.2, -0.15) is 5.26 Å². The van der Waals surface area contributed by atoms with Crippen molar-refractivity contribution >= 4 is 0 Å². The van der Waals surface area contributed by atoms with Crippen molar-refractivity contribution in [1.82, 2.24) is 0 Å². The molecule has 0 heterocycles. The fourth-order valence-corrected chi connectivity index (χ4v) is 1.26. The Morgan fingerprint density at radius 3 is 2.08 bits per heavy atom. The molecule has 0 amide bonds. The second-order valence-corrected chi connectivity index (χ2v) is 2.95. The summed E-state index contributed by atoms with van der Waals surface area (Å²) in [4.78, 5) is 0. The highest BCUT2D eigenvalue weighted by Crippen LogP contribution is 2.20. The molecule has 0 saturated carbocycles. The fourth-order valence-electron chi connectivity index (χ4n) is 1.26. The second kappa shape index (κ2) is 3.53. The van der Waals surface area contributed by atoms with E-state index < -0.39 is 11.6 Å². The zero-order valence-corrected chi connectivity index (χ0v) is 7.49. The minimum Gasteiger partial charge on any atom is -0.206 e. The summed E-state index contributed by atoms with van der Waals surface area (Å²) < 4.78 is 26.5. The Morgan fingerprint density at radius 1 is 1.23 bits per heavy atom. The third kappa shape index (κ3) is 1.67. The molecule has 0 aliphatic rings. The Morgan fingerprint density at radius 2 is 1.69 bits per heavy atom. The van der Waals surface area contributed by atoms with Gasteiger partial charge >= 0.3 is 0 Å². The maximum absolute atomic E-state index is 13.2. The number of rotatable bonds is 1. The standard InChI is InChI=1S/C10H9F2N/c1-6-5-7(2)10(12)8(3-4-13)9(6)11/h5H,3H2,1-2H3. The van der Waals surface area contributed by atoms with Crippen LogP contribution in [-0.4, -0.2) is 0 Å². The average Bonchev–Trinajstić information content (AvgIpc) is 2.09. The number of hydrogen-bond acceptors (Lipinski definition) is 1. The van der Waals surface area contributed by atoms with Gasteiger partial charge in [0.15, 0.2) is 0 Å². The molecule has 13 heavy (non-hydrogen) atoms. The molecular weight excluding hydrogens is 172 g/mol. The van der Waals surface area contributed by atoms with Crippen molar-refractivity contribution in [3.8, 4) is 6.07 Å². The highest BCUT2D eigenvalue weighted by molar-refractivity contribution is 5.33. The molecule has 0 aliphatic heterocycles. The molecule has 0 aliphatic carbocycles. The third-order valence-electron chi connectivity index (χ3n) is 1.91. The monoisotopic (exact) mass is 181 g/mol. The van der Waals surface area contributed by atoms with Crippen LogP contribution in [-0.2, 0) is 6.42 Å². The van der Waals surface area contributed by atoms with Crippen LogP contribution in [0.5, 0.6) is 0 Å². The molecular formula is C10H9F2N. The Hall–Kier alpha value is -1.43. The van der Waals surface area contributed by atoms with Gasteiger partial charge < -0.3 is 0 Å². The highest BCUT2D eigenvalue weighted by Gasteiger charge is 2.13. The lowest BCUT2D eigenvalue weighted by Gasteiger charge is -2.06. The molecule has 0 unspecified atom stereocenters. The van der Waals surface area contributed by atoms with Crippen molar-refractivity contribution in [3.63, 3.8) is 0 Å². The lowest BCUT2D eigenvalue weighted by molar-refractivity contribution is 0.552. The van der Waals surface area contributed by atoms with Gasteiger partial charge in [-0.05, 0) is 25.0 Å². The van der Waals surface area contributed by atoms with Crippen LogP contribution in [0.25, 0.3) is 0 Å². The molecule has 0 atom stereocenters. The minimum absolute atomic E-state index is 0.125. The van der Waals surface area contributed by atoms with E-state index in [4.69, 9.17) is 5.26 Å². The van der Waals surface area contributed by atoms with E-state index in [1.807, 2.05) is 0 Å². The summed E-state index contributed by atoms with van der Waals surface area (Å²) in [5.41, 5.74) is 0.633. The number of benzene rings is 1. The highest BCUT2D eigenvalue weighted by atomic mass is 19.1. The molecule has 1 nitrogen and oxygen atoms in total. The second-order valence-electron chi connectivity index (χ2n) is 2.95. The molecule has 0 fully saturated rings. The number of nitriles is 1. The maximum atomic E-state index is 13.2. The van der Waals surface area contributed by atoms with Crippen molar-refractivity contribution in [2.24, 2.45) is 0 Å². The van der Waals surface area contributed by atoms with E-state index in [1.54, 1.807) is 19.9 Å². The van der Waals surface area contributed by atoms with Gasteiger partial charge in [-0.25, -0.2) is 8.78 Å². The Bertz CT molecular complexity index is 351. The number of aryl methyl sites for hydroxylation is 2. The summed E-state index contributed by atoms with van der Waals surface area (Å²) in [6, 6.07) is 3.18. The average molecular weight is 181 g/mol. The molecule has 1 aromatic rings. The van der Waals surface area contributed by atoms with E-state index >= 15 is 0 Å². The van der Waals surface area contributed by atoms with Gasteiger partial charge in [0.25, 0.3) is 0 Å². The summed E-state index contributed by atoms with van der Waals surface area (Å²) in [5.74, 6) is -1.21. The quantitative estimate of drug-likeness (QED) is 0.653. The minimum atomic E-state index is -0.607. The van der Waals surface area contributed by atoms with Crippen molar-refractivity contribution in [2.45, 2.75) is 20.3 Å². The number of hydrogen-bond donors (Lipinski definition) is 0. The van der Waals surface area contributed by atoms with Crippen LogP contribution in [0.15, 0.2) is 6.07 Å². The topological polar surface area (TPSA) is 23.8 Å². The van der Waals surface area contributed by atoms with Crippen molar-refractivity contribution < 1.29 is 8.78 Å². The first-order valence-corrected chi connectivity index (χ1v) is 3.89. The van der Waals surface area contributed by atoms with Crippen LogP contribution in [0.1, 0.15) is 16.7 Å². The molecule has 0 saturated heterocycles. The van der Waals surface area contributed by atoms with Gasteiger partial charge in [-0.3, -0.25) is 0 Å². The fraction of sp³-hybridized carbons (Fsp3) is 0.300. The van der Waals surface area contributed by atoms with Gasteiger partial charge in [0.2, 0.25) is 0 Å². The third-order valence-corrected chi connectivity index (χ3v) is 1.91. The first-order chi connectivity index (χ1) is 6.07. The lowest BCUT2D eigenvalue weighted by atomic mass is 10.0. The Labute approximate surface area is 75.6 Å². The normalized spacial score (nSPS) is 9.77. The largest absolute Gasteiger partial charge is 0.206 e. The molecule has 68 valence electrons. The molecule has 1 rings (SSSR count). The van der Waals surface area contributed by atoms with Crippen LogP contribution in [0.3, 0.4) is 0 Å². The van der Waals surface area contributed by atoms with E-state index in [9.17, 15) is 8.78 Å². The first-order valence-electron chi connectivity index (χ1n) is 3.89. The molecule has 0 radical (unpaired) electrons. The predicted molar refractivity (Wildman–Crippen MR) is 45.1 cm³/mol. The van der Waals surface area contributed by atoms with Crippen molar-refractivity contribution in [1.29, 1.82) is 5.26 Å². The van der Waals surface area contributed by atoms with Gasteiger partial charge in [-0.1, -0.05) is 6.07 Å². The summed E-state index contributed by atoms with van der Waals surface area (Å²) >= 11 is 0. The van der Waals surface area contributed by atoms with Crippen LogP contribution in [0, 0.1) is 36.8 Å². The van der Waals surface area contributed by atoms with Gasteiger partial charge in [0.1, 0.15) is 11.6 Å². The summed E-state index contributed by atoms with van der Waals surface area (Å²) in [6.45, 7) is 3.12. The molecule has 3 heteroatoms. The maximum Gasteiger partial charge on any atom is 0.133 e. The van der Waals surface area contributed by atoms with Crippen LogP contribution in [0.2, 0.25) is 0 Å². The smallest absolute Gasteiger partial charge is 0.133 e.